The lowest BCUT2D eigenvalue weighted by Gasteiger charge is -2.34. The van der Waals surface area contributed by atoms with Gasteiger partial charge in [-0.05, 0) is 30.7 Å². The zero-order valence-corrected chi connectivity index (χ0v) is 21.0. The molecule has 0 spiro atoms. The van der Waals surface area contributed by atoms with Crippen molar-refractivity contribution in [2.24, 2.45) is 4.99 Å². The van der Waals surface area contributed by atoms with Crippen LogP contribution in [0, 0.1) is 6.92 Å². The number of anilines is 1. The van der Waals surface area contributed by atoms with Crippen LogP contribution in [0.3, 0.4) is 0 Å². The Labute approximate surface area is 198 Å². The van der Waals surface area contributed by atoms with E-state index >= 15 is 0 Å². The maximum atomic E-state index is 4.69. The van der Waals surface area contributed by atoms with Gasteiger partial charge in [-0.3, -0.25) is 4.99 Å². The topological polar surface area (TPSA) is 47.0 Å². The molecule has 1 aromatic carbocycles. The van der Waals surface area contributed by atoms with E-state index in [9.17, 15) is 0 Å². The summed E-state index contributed by atoms with van der Waals surface area (Å²) in [4.78, 5) is 16.1. The number of nitrogens with one attached hydrogen (secondary N) is 1. The molecule has 6 nitrogen and oxygen atoms in total. The molecule has 0 radical (unpaired) electrons. The van der Waals surface area contributed by atoms with Crippen LogP contribution >= 0.6 is 24.0 Å². The van der Waals surface area contributed by atoms with Gasteiger partial charge >= 0.3 is 0 Å². The Balaban J connectivity index is 0.00000320. The standard InChI is InChI=1S/C23H34N6.HI/c1-5-28-12-14-29(15-13-28)22-11-10-21(16-25-22)17-26-23(24-3)27(4)18-20-8-6-19(2)7-9-20;/h6-11,16H,5,12-15,17-18H2,1-4H3,(H,24,26);1H. The van der Waals surface area contributed by atoms with Crippen LogP contribution in [0.1, 0.15) is 23.6 Å². The largest absolute Gasteiger partial charge is 0.354 e. The number of halogens is 1. The normalized spacial score (nSPS) is 14.9. The summed E-state index contributed by atoms with van der Waals surface area (Å²) in [6.07, 6.45) is 1.97. The summed E-state index contributed by atoms with van der Waals surface area (Å²) in [5, 5.41) is 3.45. The van der Waals surface area contributed by atoms with Crippen molar-refractivity contribution < 1.29 is 0 Å². The number of nitrogens with zero attached hydrogens (tertiary/aromatic N) is 5. The van der Waals surface area contributed by atoms with E-state index in [1.807, 2.05) is 13.2 Å². The molecule has 0 unspecified atom stereocenters. The highest BCUT2D eigenvalue weighted by atomic mass is 127. The minimum absolute atomic E-state index is 0. The van der Waals surface area contributed by atoms with Crippen molar-refractivity contribution in [1.29, 1.82) is 0 Å². The van der Waals surface area contributed by atoms with Crippen molar-refractivity contribution in [2.75, 3.05) is 51.7 Å². The Morgan fingerprint density at radius 3 is 2.30 bits per heavy atom. The van der Waals surface area contributed by atoms with E-state index in [4.69, 9.17) is 4.98 Å². The first kappa shape index (κ1) is 24.4. The molecule has 1 aromatic heterocycles. The zero-order chi connectivity index (χ0) is 20.6. The number of aliphatic imine (C=N–C) groups is 1. The van der Waals surface area contributed by atoms with Gasteiger partial charge in [0, 0.05) is 59.6 Å². The lowest BCUT2D eigenvalue weighted by molar-refractivity contribution is 0.270. The monoisotopic (exact) mass is 522 g/mol. The number of aryl methyl sites for hydroxylation is 1. The van der Waals surface area contributed by atoms with E-state index < -0.39 is 0 Å². The molecule has 164 valence electrons. The van der Waals surface area contributed by atoms with E-state index in [0.717, 1.165) is 56.6 Å². The number of hydrogen-bond acceptors (Lipinski definition) is 4. The van der Waals surface area contributed by atoms with Gasteiger partial charge in [-0.25, -0.2) is 4.98 Å². The summed E-state index contributed by atoms with van der Waals surface area (Å²) in [7, 11) is 3.89. The van der Waals surface area contributed by atoms with Gasteiger partial charge in [0.15, 0.2) is 5.96 Å². The number of likely N-dealkylation sites (N-methyl/N-ethyl adjacent to an activating group) is 1. The first-order valence-electron chi connectivity index (χ1n) is 10.5. The third-order valence-electron chi connectivity index (χ3n) is 5.52. The highest BCUT2D eigenvalue weighted by Gasteiger charge is 2.16. The number of rotatable bonds is 6. The molecule has 0 amide bonds. The zero-order valence-electron chi connectivity index (χ0n) is 18.6. The average Bonchev–Trinajstić information content (AvgIpc) is 2.76. The number of aromatic nitrogens is 1. The molecule has 1 aliphatic rings. The molecule has 1 N–H and O–H groups in total. The third-order valence-corrected chi connectivity index (χ3v) is 5.52. The highest BCUT2D eigenvalue weighted by Crippen LogP contribution is 2.14. The van der Waals surface area contributed by atoms with Crippen LogP contribution in [0.4, 0.5) is 5.82 Å². The Hall–Kier alpha value is -1.87. The van der Waals surface area contributed by atoms with Crippen LogP contribution in [0.5, 0.6) is 0 Å². The predicted molar refractivity (Wildman–Crippen MR) is 137 cm³/mol. The summed E-state index contributed by atoms with van der Waals surface area (Å²) in [5.74, 6) is 1.95. The van der Waals surface area contributed by atoms with Crippen molar-refractivity contribution in [3.05, 3.63) is 59.3 Å². The summed E-state index contributed by atoms with van der Waals surface area (Å²) >= 11 is 0. The van der Waals surface area contributed by atoms with Gasteiger partial charge in [-0.2, -0.15) is 0 Å². The van der Waals surface area contributed by atoms with E-state index in [1.54, 1.807) is 0 Å². The van der Waals surface area contributed by atoms with E-state index in [-0.39, 0.29) is 24.0 Å². The minimum atomic E-state index is 0. The van der Waals surface area contributed by atoms with Gasteiger partial charge in [0.1, 0.15) is 5.82 Å². The Bertz CT molecular complexity index is 782. The summed E-state index contributed by atoms with van der Waals surface area (Å²) in [6, 6.07) is 12.9. The molecule has 2 aromatic rings. The Kier molecular flexibility index (Phi) is 9.84. The van der Waals surface area contributed by atoms with Gasteiger partial charge in [0.2, 0.25) is 0 Å². The molecule has 7 heteroatoms. The number of piperazine rings is 1. The number of guanidine groups is 1. The molecule has 1 saturated heterocycles. The van der Waals surface area contributed by atoms with Crippen molar-refractivity contribution in [3.63, 3.8) is 0 Å². The fraction of sp³-hybridized carbons (Fsp3) is 0.478. The lowest BCUT2D eigenvalue weighted by atomic mass is 10.1. The molecule has 2 heterocycles. The molecule has 0 bridgehead atoms. The molecule has 3 rings (SSSR count). The molecule has 1 fully saturated rings. The maximum Gasteiger partial charge on any atom is 0.193 e. The highest BCUT2D eigenvalue weighted by molar-refractivity contribution is 14.0. The predicted octanol–water partition coefficient (Wildman–Crippen LogP) is 3.36. The summed E-state index contributed by atoms with van der Waals surface area (Å²) < 4.78 is 0. The minimum Gasteiger partial charge on any atom is -0.354 e. The van der Waals surface area contributed by atoms with Crippen molar-refractivity contribution in [3.8, 4) is 0 Å². The smallest absolute Gasteiger partial charge is 0.193 e. The first-order chi connectivity index (χ1) is 14.1. The van der Waals surface area contributed by atoms with Crippen LogP contribution in [-0.2, 0) is 13.1 Å². The molecule has 0 saturated carbocycles. The van der Waals surface area contributed by atoms with Crippen LogP contribution in [0.15, 0.2) is 47.6 Å². The van der Waals surface area contributed by atoms with Gasteiger partial charge in [0.05, 0.1) is 0 Å². The maximum absolute atomic E-state index is 4.69. The van der Waals surface area contributed by atoms with Crippen molar-refractivity contribution in [2.45, 2.75) is 26.9 Å². The second-order valence-electron chi connectivity index (χ2n) is 7.69. The molecular weight excluding hydrogens is 487 g/mol. The lowest BCUT2D eigenvalue weighted by Crippen LogP contribution is -2.46. The summed E-state index contributed by atoms with van der Waals surface area (Å²) in [5.41, 5.74) is 3.71. The Morgan fingerprint density at radius 2 is 1.73 bits per heavy atom. The van der Waals surface area contributed by atoms with Crippen LogP contribution in [0.2, 0.25) is 0 Å². The van der Waals surface area contributed by atoms with Gasteiger partial charge in [-0.15, -0.1) is 24.0 Å². The van der Waals surface area contributed by atoms with Gasteiger partial charge in [-0.1, -0.05) is 42.8 Å². The van der Waals surface area contributed by atoms with Gasteiger partial charge < -0.3 is 20.0 Å². The molecule has 1 aliphatic heterocycles. The van der Waals surface area contributed by atoms with Crippen molar-refractivity contribution >= 4 is 35.8 Å². The van der Waals surface area contributed by atoms with Crippen LogP contribution < -0.4 is 10.2 Å². The average molecular weight is 522 g/mol. The van der Waals surface area contributed by atoms with Crippen LogP contribution in [0.25, 0.3) is 0 Å². The van der Waals surface area contributed by atoms with Crippen molar-refractivity contribution in [1.82, 2.24) is 20.1 Å². The molecule has 0 atom stereocenters. The third kappa shape index (κ3) is 6.84. The second-order valence-corrected chi connectivity index (χ2v) is 7.69. The molecule has 0 aliphatic carbocycles. The summed E-state index contributed by atoms with van der Waals surface area (Å²) in [6.45, 7) is 11.3. The van der Waals surface area contributed by atoms with Gasteiger partial charge in [0.25, 0.3) is 0 Å². The number of hydrogen-bond donors (Lipinski definition) is 1. The fourth-order valence-electron chi connectivity index (χ4n) is 3.61. The van der Waals surface area contributed by atoms with E-state index in [0.29, 0.717) is 6.54 Å². The first-order valence-corrected chi connectivity index (χ1v) is 10.5. The molecule has 30 heavy (non-hydrogen) atoms. The number of benzene rings is 1. The SMILES string of the molecule is CCN1CCN(c2ccc(CNC(=NC)N(C)Cc3ccc(C)cc3)cn2)CC1.I. The number of pyridine rings is 1. The molecular formula is C23H35IN6. The van der Waals surface area contributed by atoms with E-state index in [2.05, 4.69) is 82.3 Å². The van der Waals surface area contributed by atoms with Crippen LogP contribution in [-0.4, -0.2) is 67.6 Å². The van der Waals surface area contributed by atoms with E-state index in [1.165, 1.54) is 11.1 Å². The second kappa shape index (κ2) is 12.1. The Morgan fingerprint density at radius 1 is 1.07 bits per heavy atom. The quantitative estimate of drug-likeness (QED) is 0.358. The fourth-order valence-corrected chi connectivity index (χ4v) is 3.61.